The predicted molar refractivity (Wildman–Crippen MR) is 126 cm³/mol. The summed E-state index contributed by atoms with van der Waals surface area (Å²) in [6.07, 6.45) is 1.87. The minimum atomic E-state index is -0.404. The van der Waals surface area contributed by atoms with Gasteiger partial charge in [0.2, 0.25) is 0 Å². The molecule has 0 N–H and O–H groups in total. The van der Waals surface area contributed by atoms with E-state index in [1.165, 1.54) is 5.56 Å². The Labute approximate surface area is 188 Å². The molecule has 0 radical (unpaired) electrons. The van der Waals surface area contributed by atoms with E-state index < -0.39 is 5.63 Å². The normalized spacial score (nSPS) is 11.1. The number of hydrogen-bond acceptors (Lipinski definition) is 4. The molecule has 0 atom stereocenters. The lowest BCUT2D eigenvalue weighted by molar-refractivity contribution is 0.563. The Balaban J connectivity index is 1.59. The van der Waals surface area contributed by atoms with E-state index in [0.29, 0.717) is 21.9 Å². The third-order valence-electron chi connectivity index (χ3n) is 4.91. The van der Waals surface area contributed by atoms with Crippen molar-refractivity contribution in [2.45, 2.75) is 10.9 Å². The SMILES string of the molecule is O=c1oc2ccccc2cc1-c1cn(-c2ccc(Cl)cc2)c(SCc2ccccc2)n1. The van der Waals surface area contributed by atoms with Gasteiger partial charge in [0.05, 0.1) is 11.3 Å². The van der Waals surface area contributed by atoms with Crippen LogP contribution in [-0.4, -0.2) is 9.55 Å². The summed E-state index contributed by atoms with van der Waals surface area (Å²) in [6, 6.07) is 27.1. The Morgan fingerprint density at radius 3 is 2.48 bits per heavy atom. The summed E-state index contributed by atoms with van der Waals surface area (Å²) in [5.41, 5.74) is 3.29. The molecular weight excluding hydrogens is 428 g/mol. The average molecular weight is 445 g/mol. The van der Waals surface area contributed by atoms with Crippen LogP contribution in [0, 0.1) is 0 Å². The van der Waals surface area contributed by atoms with Crippen LogP contribution in [0.2, 0.25) is 5.02 Å². The summed E-state index contributed by atoms with van der Waals surface area (Å²) in [6.45, 7) is 0. The van der Waals surface area contributed by atoms with Gasteiger partial charge in [0, 0.05) is 28.0 Å². The van der Waals surface area contributed by atoms with Crippen molar-refractivity contribution in [3.8, 4) is 16.9 Å². The van der Waals surface area contributed by atoms with Gasteiger partial charge < -0.3 is 4.42 Å². The topological polar surface area (TPSA) is 48.0 Å². The molecule has 5 aromatic rings. The molecule has 0 unspecified atom stereocenters. The maximum absolute atomic E-state index is 12.7. The summed E-state index contributed by atoms with van der Waals surface area (Å²) in [5, 5.41) is 2.31. The Hall–Kier alpha value is -3.28. The molecule has 5 rings (SSSR count). The quantitative estimate of drug-likeness (QED) is 0.226. The summed E-state index contributed by atoms with van der Waals surface area (Å²) in [4.78, 5) is 17.5. The van der Waals surface area contributed by atoms with Gasteiger partial charge in [0.15, 0.2) is 5.16 Å². The molecule has 2 aromatic heterocycles. The smallest absolute Gasteiger partial charge is 0.345 e. The van der Waals surface area contributed by atoms with Crippen molar-refractivity contribution < 1.29 is 4.42 Å². The molecule has 0 spiro atoms. The maximum atomic E-state index is 12.7. The van der Waals surface area contributed by atoms with E-state index in [1.807, 2.05) is 77.5 Å². The van der Waals surface area contributed by atoms with Crippen LogP contribution in [0.4, 0.5) is 0 Å². The second-order valence-corrected chi connectivity index (χ2v) is 8.39. The van der Waals surface area contributed by atoms with Crippen LogP contribution >= 0.6 is 23.4 Å². The zero-order valence-corrected chi connectivity index (χ0v) is 17.9. The summed E-state index contributed by atoms with van der Waals surface area (Å²) in [7, 11) is 0. The molecule has 4 nitrogen and oxygen atoms in total. The third-order valence-corrected chi connectivity index (χ3v) is 6.18. The highest BCUT2D eigenvalue weighted by molar-refractivity contribution is 7.98. The second kappa shape index (κ2) is 8.46. The minimum Gasteiger partial charge on any atom is -0.422 e. The van der Waals surface area contributed by atoms with Crippen molar-refractivity contribution in [1.82, 2.24) is 9.55 Å². The van der Waals surface area contributed by atoms with E-state index in [2.05, 4.69) is 12.1 Å². The van der Waals surface area contributed by atoms with E-state index in [9.17, 15) is 4.79 Å². The van der Waals surface area contributed by atoms with Crippen molar-refractivity contribution >= 4 is 34.3 Å². The fraction of sp³-hybridized carbons (Fsp3) is 0.0400. The van der Waals surface area contributed by atoms with Gasteiger partial charge in [0.25, 0.3) is 0 Å². The first-order valence-corrected chi connectivity index (χ1v) is 11.1. The molecule has 0 saturated carbocycles. The Kier molecular flexibility index (Phi) is 5.37. The van der Waals surface area contributed by atoms with E-state index in [-0.39, 0.29) is 0 Å². The van der Waals surface area contributed by atoms with E-state index >= 15 is 0 Å². The first kappa shape index (κ1) is 19.7. The lowest BCUT2D eigenvalue weighted by atomic mass is 10.1. The minimum absolute atomic E-state index is 0.404. The van der Waals surface area contributed by atoms with Gasteiger partial charge in [-0.2, -0.15) is 0 Å². The second-order valence-electron chi connectivity index (χ2n) is 7.01. The van der Waals surface area contributed by atoms with Crippen molar-refractivity contribution in [2.75, 3.05) is 0 Å². The van der Waals surface area contributed by atoms with Crippen LogP contribution < -0.4 is 5.63 Å². The van der Waals surface area contributed by atoms with Gasteiger partial charge >= 0.3 is 5.63 Å². The summed E-state index contributed by atoms with van der Waals surface area (Å²) in [5.74, 6) is 0.761. The number of thioether (sulfide) groups is 1. The van der Waals surface area contributed by atoms with Gasteiger partial charge in [-0.3, -0.25) is 4.57 Å². The molecule has 31 heavy (non-hydrogen) atoms. The first-order chi connectivity index (χ1) is 15.2. The van der Waals surface area contributed by atoms with Crippen LogP contribution in [0.1, 0.15) is 5.56 Å². The van der Waals surface area contributed by atoms with Crippen molar-refractivity contribution in [3.05, 3.63) is 112 Å². The fourth-order valence-electron chi connectivity index (χ4n) is 3.34. The van der Waals surface area contributed by atoms with Gasteiger partial charge in [-0.15, -0.1) is 0 Å². The molecule has 0 fully saturated rings. The first-order valence-electron chi connectivity index (χ1n) is 9.73. The zero-order chi connectivity index (χ0) is 21.2. The number of fused-ring (bicyclic) bond motifs is 1. The number of imidazole rings is 1. The Bertz CT molecular complexity index is 1410. The highest BCUT2D eigenvalue weighted by Crippen LogP contribution is 2.29. The molecule has 0 saturated heterocycles. The molecule has 0 amide bonds. The summed E-state index contributed by atoms with van der Waals surface area (Å²) < 4.78 is 7.50. The maximum Gasteiger partial charge on any atom is 0.345 e. The van der Waals surface area contributed by atoms with Crippen molar-refractivity contribution in [1.29, 1.82) is 0 Å². The van der Waals surface area contributed by atoms with Crippen LogP contribution in [0.3, 0.4) is 0 Å². The highest BCUT2D eigenvalue weighted by atomic mass is 35.5. The van der Waals surface area contributed by atoms with Crippen LogP contribution in [-0.2, 0) is 5.75 Å². The van der Waals surface area contributed by atoms with E-state index in [0.717, 1.165) is 22.0 Å². The lowest BCUT2D eigenvalue weighted by Crippen LogP contribution is -2.02. The predicted octanol–water partition coefficient (Wildman–Crippen LogP) is 6.59. The molecule has 152 valence electrons. The molecule has 0 bridgehead atoms. The van der Waals surface area contributed by atoms with Crippen LogP contribution in [0.15, 0.2) is 105 Å². The van der Waals surface area contributed by atoms with Gasteiger partial charge in [-0.05, 0) is 42.0 Å². The Morgan fingerprint density at radius 1 is 0.935 bits per heavy atom. The number of nitrogens with zero attached hydrogens (tertiary/aromatic N) is 2. The number of hydrogen-bond donors (Lipinski definition) is 0. The number of benzene rings is 3. The number of halogens is 1. The van der Waals surface area contributed by atoms with E-state index in [4.69, 9.17) is 21.0 Å². The average Bonchev–Trinajstić information content (AvgIpc) is 3.22. The molecule has 2 heterocycles. The largest absolute Gasteiger partial charge is 0.422 e. The number of para-hydroxylation sites is 1. The van der Waals surface area contributed by atoms with Crippen LogP contribution in [0.25, 0.3) is 27.9 Å². The lowest BCUT2D eigenvalue weighted by Gasteiger charge is -2.07. The highest BCUT2D eigenvalue weighted by Gasteiger charge is 2.16. The molecule has 0 aliphatic rings. The zero-order valence-electron chi connectivity index (χ0n) is 16.4. The molecular formula is C25H17ClN2O2S. The third kappa shape index (κ3) is 4.15. The van der Waals surface area contributed by atoms with Gasteiger partial charge in [-0.1, -0.05) is 71.9 Å². The van der Waals surface area contributed by atoms with Gasteiger partial charge in [0.1, 0.15) is 5.58 Å². The summed E-state index contributed by atoms with van der Waals surface area (Å²) >= 11 is 7.68. The van der Waals surface area contributed by atoms with E-state index in [1.54, 1.807) is 17.8 Å². The van der Waals surface area contributed by atoms with Crippen LogP contribution in [0.5, 0.6) is 0 Å². The standard InChI is InChI=1S/C25H17ClN2O2S/c26-19-10-12-20(13-11-19)28-15-22(27-25(28)31-16-17-6-2-1-3-7-17)21-14-18-8-4-5-9-23(18)30-24(21)29/h1-15H,16H2. The molecule has 0 aliphatic heterocycles. The number of aromatic nitrogens is 2. The molecule has 0 aliphatic carbocycles. The fourth-order valence-corrected chi connectivity index (χ4v) is 4.42. The monoisotopic (exact) mass is 444 g/mol. The van der Waals surface area contributed by atoms with Gasteiger partial charge in [-0.25, -0.2) is 9.78 Å². The molecule has 3 aromatic carbocycles. The number of rotatable bonds is 5. The molecule has 6 heteroatoms. The Morgan fingerprint density at radius 2 is 1.68 bits per heavy atom. The van der Waals surface area contributed by atoms with Crippen molar-refractivity contribution in [3.63, 3.8) is 0 Å². The van der Waals surface area contributed by atoms with Crippen molar-refractivity contribution in [2.24, 2.45) is 0 Å².